The summed E-state index contributed by atoms with van der Waals surface area (Å²) >= 11 is 0. The zero-order chi connectivity index (χ0) is 20.4. The molecule has 4 aliphatic rings. The lowest BCUT2D eigenvalue weighted by Gasteiger charge is -2.40. The lowest BCUT2D eigenvalue weighted by molar-refractivity contribution is -0.325. The fraction of sp³-hybridized carbons (Fsp3) is 0.522. The Balaban J connectivity index is 1.44. The number of hydrogen-bond acceptors (Lipinski definition) is 6. The Morgan fingerprint density at radius 2 is 1.38 bits per heavy atom. The van der Waals surface area contributed by atoms with Crippen LogP contribution in [0.3, 0.4) is 0 Å². The molecule has 0 N–H and O–H groups in total. The summed E-state index contributed by atoms with van der Waals surface area (Å²) in [6, 6.07) is 0. The number of esters is 2. The standard InChI is InChI=1S/C23H26O6/c24-20-14-8-4-6-12-18(14)28-22(26)16(20)10-2-1-3-11-17-21(25)15-9-5-7-13-19(15)29-23(17)27/h1-3,10-11,14-15,18-19,24H,4-9,12-13H2/p-1. The van der Waals surface area contributed by atoms with Gasteiger partial charge in [-0.2, -0.15) is 0 Å². The van der Waals surface area contributed by atoms with Crippen LogP contribution in [0, 0.1) is 11.8 Å². The first-order chi connectivity index (χ1) is 14.1. The van der Waals surface area contributed by atoms with Gasteiger partial charge in [-0.1, -0.05) is 31.1 Å². The Labute approximate surface area is 169 Å². The summed E-state index contributed by atoms with van der Waals surface area (Å²) in [6.07, 6.45) is 13.9. The second-order valence-electron chi connectivity index (χ2n) is 8.14. The second-order valence-corrected chi connectivity index (χ2v) is 8.14. The first-order valence-corrected chi connectivity index (χ1v) is 10.5. The summed E-state index contributed by atoms with van der Waals surface area (Å²) in [4.78, 5) is 36.8. The van der Waals surface area contributed by atoms with Crippen LogP contribution in [0.25, 0.3) is 0 Å². The molecule has 2 heterocycles. The number of carbonyl (C=O) groups excluding carboxylic acids is 3. The predicted molar refractivity (Wildman–Crippen MR) is 102 cm³/mol. The van der Waals surface area contributed by atoms with Crippen LogP contribution in [0.15, 0.2) is 47.3 Å². The van der Waals surface area contributed by atoms with E-state index in [9.17, 15) is 19.5 Å². The van der Waals surface area contributed by atoms with Gasteiger partial charge in [0, 0.05) is 11.5 Å². The van der Waals surface area contributed by atoms with Crippen LogP contribution in [0.4, 0.5) is 0 Å². The van der Waals surface area contributed by atoms with Crippen molar-refractivity contribution in [2.45, 2.75) is 63.6 Å². The molecule has 4 rings (SSSR count). The van der Waals surface area contributed by atoms with E-state index in [1.54, 1.807) is 18.2 Å². The van der Waals surface area contributed by atoms with Gasteiger partial charge in [-0.3, -0.25) is 4.79 Å². The molecule has 2 saturated carbocycles. The van der Waals surface area contributed by atoms with Crippen LogP contribution < -0.4 is 5.11 Å². The molecule has 4 atom stereocenters. The van der Waals surface area contributed by atoms with E-state index in [-0.39, 0.29) is 46.7 Å². The van der Waals surface area contributed by atoms with Crippen LogP contribution in [0.2, 0.25) is 0 Å². The third kappa shape index (κ3) is 3.93. The highest BCUT2D eigenvalue weighted by Crippen LogP contribution is 2.36. The maximum atomic E-state index is 12.6. The molecule has 0 spiro atoms. The van der Waals surface area contributed by atoms with Crippen molar-refractivity contribution in [3.8, 4) is 0 Å². The van der Waals surface area contributed by atoms with Crippen LogP contribution in [-0.4, -0.2) is 29.9 Å². The third-order valence-electron chi connectivity index (χ3n) is 6.31. The average molecular weight is 397 g/mol. The molecular weight excluding hydrogens is 372 g/mol. The molecule has 0 aromatic rings. The van der Waals surface area contributed by atoms with Crippen LogP contribution >= 0.6 is 0 Å². The molecule has 3 fully saturated rings. The van der Waals surface area contributed by atoms with Gasteiger partial charge in [-0.25, -0.2) is 9.59 Å². The minimum atomic E-state index is -0.574. The summed E-state index contributed by atoms with van der Waals surface area (Å²) in [6.45, 7) is 0. The highest BCUT2D eigenvalue weighted by atomic mass is 16.6. The second kappa shape index (κ2) is 8.39. The number of carbonyl (C=O) groups is 3. The molecule has 0 aromatic heterocycles. The number of rotatable bonds is 3. The molecule has 0 aromatic carbocycles. The summed E-state index contributed by atoms with van der Waals surface area (Å²) in [5.74, 6) is -1.91. The number of allylic oxidation sites excluding steroid dienone is 4. The van der Waals surface area contributed by atoms with Gasteiger partial charge in [0.1, 0.15) is 17.8 Å². The van der Waals surface area contributed by atoms with Crippen molar-refractivity contribution in [3.63, 3.8) is 0 Å². The maximum Gasteiger partial charge on any atom is 0.342 e. The molecule has 0 radical (unpaired) electrons. The Morgan fingerprint density at radius 1 is 0.759 bits per heavy atom. The Kier molecular flexibility index (Phi) is 5.69. The van der Waals surface area contributed by atoms with Crippen LogP contribution in [-0.2, 0) is 23.9 Å². The Bertz CT molecular complexity index is 830. The van der Waals surface area contributed by atoms with E-state index in [1.165, 1.54) is 12.2 Å². The van der Waals surface area contributed by atoms with E-state index in [0.29, 0.717) is 0 Å². The molecule has 154 valence electrons. The largest absolute Gasteiger partial charge is 0.875 e. The fourth-order valence-corrected chi connectivity index (χ4v) is 4.75. The molecule has 6 heteroatoms. The van der Waals surface area contributed by atoms with Gasteiger partial charge in [-0.15, -0.1) is 5.76 Å². The van der Waals surface area contributed by atoms with E-state index in [2.05, 4.69) is 0 Å². The first kappa shape index (κ1) is 19.7. The molecule has 0 bridgehead atoms. The van der Waals surface area contributed by atoms with Gasteiger partial charge >= 0.3 is 11.9 Å². The highest BCUT2D eigenvalue weighted by Gasteiger charge is 2.42. The topological polar surface area (TPSA) is 92.7 Å². The van der Waals surface area contributed by atoms with Crippen molar-refractivity contribution in [2.24, 2.45) is 11.8 Å². The maximum absolute atomic E-state index is 12.6. The number of Topliss-reactive ketones (excluding diaryl/α,β-unsaturated/α-hetero) is 1. The van der Waals surface area contributed by atoms with Crippen LogP contribution in [0.1, 0.15) is 51.4 Å². The lowest BCUT2D eigenvalue weighted by Crippen LogP contribution is -2.42. The normalized spacial score (nSPS) is 34.3. The van der Waals surface area contributed by atoms with Crippen molar-refractivity contribution in [1.82, 2.24) is 0 Å². The quantitative estimate of drug-likeness (QED) is 0.314. The number of fused-ring (bicyclic) bond motifs is 2. The van der Waals surface area contributed by atoms with Gasteiger partial charge in [0.15, 0.2) is 5.78 Å². The number of ketones is 1. The SMILES string of the molecule is O=C1OC2CCCCC2C(=O)C1=CC=CC=CC1=C([O-])C2CCCCC2OC1=O. The van der Waals surface area contributed by atoms with Crippen molar-refractivity contribution in [3.05, 3.63) is 47.3 Å². The van der Waals surface area contributed by atoms with Gasteiger partial charge < -0.3 is 14.6 Å². The monoisotopic (exact) mass is 397 g/mol. The Morgan fingerprint density at radius 3 is 2.14 bits per heavy atom. The number of hydrogen-bond donors (Lipinski definition) is 0. The summed E-state index contributed by atoms with van der Waals surface area (Å²) in [7, 11) is 0. The minimum Gasteiger partial charge on any atom is -0.875 e. The number of ether oxygens (including phenoxy) is 2. The van der Waals surface area contributed by atoms with Gasteiger partial charge in [-0.05, 0) is 50.7 Å². The molecule has 6 nitrogen and oxygen atoms in total. The van der Waals surface area contributed by atoms with E-state index >= 15 is 0 Å². The minimum absolute atomic E-state index is 0.0589. The zero-order valence-corrected chi connectivity index (χ0v) is 16.3. The smallest absolute Gasteiger partial charge is 0.342 e. The Hall–Kier alpha value is -2.63. The highest BCUT2D eigenvalue weighted by molar-refractivity contribution is 6.20. The molecule has 29 heavy (non-hydrogen) atoms. The summed E-state index contributed by atoms with van der Waals surface area (Å²) < 4.78 is 10.8. The van der Waals surface area contributed by atoms with E-state index in [0.717, 1.165) is 51.4 Å². The summed E-state index contributed by atoms with van der Waals surface area (Å²) in [5.41, 5.74) is 0.118. The van der Waals surface area contributed by atoms with Gasteiger partial charge in [0.25, 0.3) is 0 Å². The average Bonchev–Trinajstić information content (AvgIpc) is 2.72. The van der Waals surface area contributed by atoms with E-state index < -0.39 is 11.9 Å². The predicted octanol–water partition coefficient (Wildman–Crippen LogP) is 2.44. The first-order valence-electron chi connectivity index (χ1n) is 10.5. The van der Waals surface area contributed by atoms with Crippen molar-refractivity contribution < 1.29 is 29.0 Å². The van der Waals surface area contributed by atoms with Gasteiger partial charge in [0.05, 0.1) is 5.92 Å². The molecule has 2 aliphatic heterocycles. The molecule has 1 saturated heterocycles. The molecule has 2 aliphatic carbocycles. The van der Waals surface area contributed by atoms with Gasteiger partial charge in [0.2, 0.25) is 0 Å². The fourth-order valence-electron chi connectivity index (χ4n) is 4.75. The van der Waals surface area contributed by atoms with E-state index in [1.807, 2.05) is 0 Å². The van der Waals surface area contributed by atoms with Crippen molar-refractivity contribution in [2.75, 3.05) is 0 Å². The zero-order valence-electron chi connectivity index (χ0n) is 16.3. The molecular formula is C23H25O6-. The lowest BCUT2D eigenvalue weighted by atomic mass is 9.79. The van der Waals surface area contributed by atoms with E-state index in [4.69, 9.17) is 9.47 Å². The molecule has 4 unspecified atom stereocenters. The van der Waals surface area contributed by atoms with Crippen LogP contribution in [0.5, 0.6) is 0 Å². The van der Waals surface area contributed by atoms with Crippen molar-refractivity contribution in [1.29, 1.82) is 0 Å². The molecule has 0 amide bonds. The summed E-state index contributed by atoms with van der Waals surface area (Å²) in [5, 5.41) is 12.6. The van der Waals surface area contributed by atoms with Crippen molar-refractivity contribution >= 4 is 17.7 Å². The third-order valence-corrected chi connectivity index (χ3v) is 6.31.